The first kappa shape index (κ1) is 11.6. The fourth-order valence-corrected chi connectivity index (χ4v) is 2.63. The van der Waals surface area contributed by atoms with Crippen molar-refractivity contribution in [2.24, 2.45) is 7.05 Å². The number of pyridine rings is 1. The van der Waals surface area contributed by atoms with Gasteiger partial charge < -0.3 is 0 Å². The van der Waals surface area contributed by atoms with E-state index >= 15 is 0 Å². The molecule has 2 heterocycles. The smallest absolute Gasteiger partial charge is 0.0739 e. The maximum atomic E-state index is 4.53. The van der Waals surface area contributed by atoms with Gasteiger partial charge >= 0.3 is 0 Å². The van der Waals surface area contributed by atoms with Gasteiger partial charge in [-0.05, 0) is 46.5 Å². The van der Waals surface area contributed by atoms with Crippen LogP contribution in [0.5, 0.6) is 0 Å². The Morgan fingerprint density at radius 1 is 1.22 bits per heavy atom. The summed E-state index contributed by atoms with van der Waals surface area (Å²) < 4.78 is 3.07. The van der Waals surface area contributed by atoms with Crippen molar-refractivity contribution in [1.29, 1.82) is 0 Å². The summed E-state index contributed by atoms with van der Waals surface area (Å²) in [4.78, 5) is 4.53. The fourth-order valence-electron chi connectivity index (χ4n) is 2.00. The second-order valence-electron chi connectivity index (χ2n) is 4.39. The highest BCUT2D eigenvalue weighted by molar-refractivity contribution is 14.1. The molecule has 0 spiro atoms. The van der Waals surface area contributed by atoms with Crippen molar-refractivity contribution < 1.29 is 0 Å². The molecule has 0 bridgehead atoms. The molecule has 1 aromatic carbocycles. The highest BCUT2D eigenvalue weighted by Gasteiger charge is 2.06. The topological polar surface area (TPSA) is 30.7 Å². The van der Waals surface area contributed by atoms with Gasteiger partial charge in [0.05, 0.1) is 11.9 Å². The summed E-state index contributed by atoms with van der Waals surface area (Å²) in [5.41, 5.74) is 3.31. The lowest BCUT2D eigenvalue weighted by molar-refractivity contribution is 0.768. The van der Waals surface area contributed by atoms with E-state index in [2.05, 4.69) is 57.8 Å². The molecule has 18 heavy (non-hydrogen) atoms. The van der Waals surface area contributed by atoms with Crippen molar-refractivity contribution in [3.8, 4) is 11.3 Å². The molecule has 0 radical (unpaired) electrons. The van der Waals surface area contributed by atoms with E-state index in [0.29, 0.717) is 0 Å². The van der Waals surface area contributed by atoms with E-state index in [0.717, 1.165) is 11.3 Å². The number of rotatable bonds is 1. The first-order chi connectivity index (χ1) is 8.65. The van der Waals surface area contributed by atoms with Gasteiger partial charge in [-0.1, -0.05) is 12.1 Å². The van der Waals surface area contributed by atoms with E-state index in [4.69, 9.17) is 0 Å². The number of nitrogens with zero attached hydrogens (tertiary/aromatic N) is 3. The third-order valence-electron chi connectivity index (χ3n) is 3.03. The van der Waals surface area contributed by atoms with Gasteiger partial charge in [0.2, 0.25) is 0 Å². The average molecular weight is 349 g/mol. The second kappa shape index (κ2) is 4.35. The van der Waals surface area contributed by atoms with Gasteiger partial charge in [0.1, 0.15) is 0 Å². The van der Waals surface area contributed by atoms with Crippen LogP contribution >= 0.6 is 22.6 Å². The molecule has 3 nitrogen and oxygen atoms in total. The summed E-state index contributed by atoms with van der Waals surface area (Å²) >= 11 is 2.38. The Kier molecular flexibility index (Phi) is 2.81. The van der Waals surface area contributed by atoms with Crippen LogP contribution in [0.2, 0.25) is 0 Å². The highest BCUT2D eigenvalue weighted by atomic mass is 127. The van der Waals surface area contributed by atoms with E-state index in [1.165, 1.54) is 19.9 Å². The molecule has 3 aromatic rings. The number of halogens is 1. The van der Waals surface area contributed by atoms with Crippen LogP contribution in [0.15, 0.2) is 36.8 Å². The van der Waals surface area contributed by atoms with Gasteiger partial charge in [-0.3, -0.25) is 9.67 Å². The van der Waals surface area contributed by atoms with Crippen molar-refractivity contribution in [2.45, 2.75) is 6.92 Å². The van der Waals surface area contributed by atoms with Gasteiger partial charge in [-0.25, -0.2) is 0 Å². The zero-order chi connectivity index (χ0) is 12.7. The monoisotopic (exact) mass is 349 g/mol. The van der Waals surface area contributed by atoms with Gasteiger partial charge in [-0.15, -0.1) is 0 Å². The molecule has 0 fully saturated rings. The molecule has 0 N–H and O–H groups in total. The molecule has 0 saturated heterocycles. The molecule has 2 aromatic heterocycles. The summed E-state index contributed by atoms with van der Waals surface area (Å²) in [7, 11) is 1.91. The number of hydrogen-bond acceptors (Lipinski definition) is 2. The molecule has 3 rings (SSSR count). The minimum absolute atomic E-state index is 0.968. The van der Waals surface area contributed by atoms with E-state index in [-0.39, 0.29) is 0 Å². The summed E-state index contributed by atoms with van der Waals surface area (Å²) in [5, 5.41) is 6.61. The van der Waals surface area contributed by atoms with E-state index in [9.17, 15) is 0 Å². The zero-order valence-corrected chi connectivity index (χ0v) is 12.3. The Labute approximate surface area is 119 Å². The van der Waals surface area contributed by atoms with Crippen molar-refractivity contribution in [2.75, 3.05) is 0 Å². The molecule has 0 atom stereocenters. The lowest BCUT2D eigenvalue weighted by Gasteiger charge is -2.05. The Morgan fingerprint density at radius 2 is 2.06 bits per heavy atom. The predicted octanol–water partition coefficient (Wildman–Crippen LogP) is 3.55. The number of aromatic nitrogens is 3. The Bertz CT molecular complexity index is 731. The molecule has 90 valence electrons. The third-order valence-corrected chi connectivity index (χ3v) is 4.46. The number of aryl methyl sites for hydroxylation is 2. The maximum Gasteiger partial charge on any atom is 0.0739 e. The molecule has 0 aliphatic carbocycles. The third kappa shape index (κ3) is 1.90. The van der Waals surface area contributed by atoms with Crippen LogP contribution in [-0.4, -0.2) is 14.8 Å². The van der Waals surface area contributed by atoms with Gasteiger partial charge in [0, 0.05) is 34.0 Å². The molecule has 0 aliphatic heterocycles. The van der Waals surface area contributed by atoms with Crippen LogP contribution in [-0.2, 0) is 7.05 Å². The van der Waals surface area contributed by atoms with Gasteiger partial charge in [0.25, 0.3) is 0 Å². The number of hydrogen-bond donors (Lipinski definition) is 0. The van der Waals surface area contributed by atoms with Crippen molar-refractivity contribution in [1.82, 2.24) is 14.8 Å². The normalized spacial score (nSPS) is 11.1. The predicted molar refractivity (Wildman–Crippen MR) is 81.4 cm³/mol. The maximum absolute atomic E-state index is 4.53. The van der Waals surface area contributed by atoms with Crippen LogP contribution in [0.3, 0.4) is 0 Å². The van der Waals surface area contributed by atoms with Crippen LogP contribution in [0.25, 0.3) is 22.0 Å². The SMILES string of the molecule is Cc1ccc2cc(-c3cnn(C)c3)ncc2c1I. The standard InChI is InChI=1S/C14H12IN3/c1-9-3-4-10-5-13(11-6-17-18(2)8-11)16-7-12(10)14(9)15/h3-8H,1-2H3. The summed E-state index contributed by atoms with van der Waals surface area (Å²) in [6.07, 6.45) is 5.77. The lowest BCUT2D eigenvalue weighted by Crippen LogP contribution is -1.88. The molecule has 0 aliphatic rings. The summed E-state index contributed by atoms with van der Waals surface area (Å²) in [5.74, 6) is 0. The molecule has 0 saturated carbocycles. The van der Waals surface area contributed by atoms with Crippen molar-refractivity contribution in [3.05, 3.63) is 45.9 Å². The van der Waals surface area contributed by atoms with E-state index < -0.39 is 0 Å². The first-order valence-corrected chi connectivity index (χ1v) is 6.77. The lowest BCUT2D eigenvalue weighted by atomic mass is 10.1. The largest absolute Gasteiger partial charge is 0.275 e. The quantitative estimate of drug-likeness (QED) is 0.629. The first-order valence-electron chi connectivity index (χ1n) is 5.69. The van der Waals surface area contributed by atoms with Crippen LogP contribution in [0.1, 0.15) is 5.56 Å². The Morgan fingerprint density at radius 3 is 2.78 bits per heavy atom. The van der Waals surface area contributed by atoms with Gasteiger partial charge in [-0.2, -0.15) is 5.10 Å². The molecular formula is C14H12IN3. The molecular weight excluding hydrogens is 337 g/mol. The molecule has 4 heteroatoms. The zero-order valence-electron chi connectivity index (χ0n) is 10.2. The van der Waals surface area contributed by atoms with Gasteiger partial charge in [0.15, 0.2) is 0 Å². The van der Waals surface area contributed by atoms with Crippen molar-refractivity contribution >= 4 is 33.4 Å². The van der Waals surface area contributed by atoms with E-state index in [1.807, 2.05) is 25.6 Å². The van der Waals surface area contributed by atoms with Crippen LogP contribution < -0.4 is 0 Å². The Hall–Kier alpha value is -1.43. The minimum Gasteiger partial charge on any atom is -0.275 e. The summed E-state index contributed by atoms with van der Waals surface area (Å²) in [6, 6.07) is 6.42. The summed E-state index contributed by atoms with van der Waals surface area (Å²) in [6.45, 7) is 2.12. The highest BCUT2D eigenvalue weighted by Crippen LogP contribution is 2.26. The number of fused-ring (bicyclic) bond motifs is 1. The minimum atomic E-state index is 0.968. The van der Waals surface area contributed by atoms with Crippen molar-refractivity contribution in [3.63, 3.8) is 0 Å². The second-order valence-corrected chi connectivity index (χ2v) is 5.47. The molecule has 0 unspecified atom stereocenters. The van der Waals surface area contributed by atoms with Crippen LogP contribution in [0.4, 0.5) is 0 Å². The molecule has 0 amide bonds. The van der Waals surface area contributed by atoms with Crippen LogP contribution in [0, 0.1) is 10.5 Å². The fraction of sp³-hybridized carbons (Fsp3) is 0.143. The van der Waals surface area contributed by atoms with E-state index in [1.54, 1.807) is 4.68 Å². The number of benzene rings is 1. The Balaban J connectivity index is 2.20. The average Bonchev–Trinajstić information content (AvgIpc) is 2.80.